The molecule has 0 spiro atoms. The normalized spacial score (nSPS) is 15.6. The summed E-state index contributed by atoms with van der Waals surface area (Å²) in [6, 6.07) is 3.80. The van der Waals surface area contributed by atoms with Gasteiger partial charge in [-0.2, -0.15) is 0 Å². The zero-order valence-corrected chi connectivity index (χ0v) is 9.11. The fourth-order valence-electron chi connectivity index (χ4n) is 1.82. The smallest absolute Gasteiger partial charge is 0.356 e. The fourth-order valence-corrected chi connectivity index (χ4v) is 2.08. The second kappa shape index (κ2) is 3.22. The van der Waals surface area contributed by atoms with Crippen molar-refractivity contribution >= 4 is 23.2 Å². The van der Waals surface area contributed by atoms with Gasteiger partial charge in [0.25, 0.3) is 0 Å². The standard InChI is InChI=1S/C11H9ClN2O2/c12-9-3-7(6-1-2-6)4-10-13-8(11(15)16)5-14(9)10/h3-6H,1-2H2,(H,15,16). The summed E-state index contributed by atoms with van der Waals surface area (Å²) in [5, 5.41) is 9.36. The van der Waals surface area contributed by atoms with Gasteiger partial charge in [0.15, 0.2) is 5.69 Å². The third-order valence-corrected chi connectivity index (χ3v) is 3.10. The molecule has 0 amide bonds. The van der Waals surface area contributed by atoms with Crippen LogP contribution in [0.3, 0.4) is 0 Å². The van der Waals surface area contributed by atoms with Gasteiger partial charge < -0.3 is 5.11 Å². The van der Waals surface area contributed by atoms with Crippen molar-refractivity contribution in [2.45, 2.75) is 18.8 Å². The van der Waals surface area contributed by atoms with Crippen LogP contribution in [0.15, 0.2) is 18.3 Å². The Bertz CT molecular complexity index is 587. The summed E-state index contributed by atoms with van der Waals surface area (Å²) in [4.78, 5) is 14.8. The zero-order chi connectivity index (χ0) is 11.3. The van der Waals surface area contributed by atoms with Gasteiger partial charge in [-0.1, -0.05) is 11.6 Å². The molecular formula is C11H9ClN2O2. The highest BCUT2D eigenvalue weighted by Gasteiger charge is 2.25. The van der Waals surface area contributed by atoms with E-state index in [1.165, 1.54) is 19.0 Å². The molecule has 5 heteroatoms. The van der Waals surface area contributed by atoms with Gasteiger partial charge in [0, 0.05) is 6.20 Å². The number of aromatic carboxylic acids is 1. The summed E-state index contributed by atoms with van der Waals surface area (Å²) >= 11 is 6.08. The first-order valence-electron chi connectivity index (χ1n) is 5.07. The van der Waals surface area contributed by atoms with Crippen LogP contribution >= 0.6 is 11.6 Å². The Hall–Kier alpha value is -1.55. The number of halogens is 1. The molecule has 0 bridgehead atoms. The molecule has 2 aromatic rings. The van der Waals surface area contributed by atoms with E-state index in [0.29, 0.717) is 16.7 Å². The van der Waals surface area contributed by atoms with E-state index in [4.69, 9.17) is 16.7 Å². The number of rotatable bonds is 2. The minimum absolute atomic E-state index is 0.0230. The Morgan fingerprint density at radius 3 is 2.88 bits per heavy atom. The molecule has 1 aliphatic carbocycles. The van der Waals surface area contributed by atoms with Crippen LogP contribution < -0.4 is 0 Å². The van der Waals surface area contributed by atoms with E-state index >= 15 is 0 Å². The first-order chi connectivity index (χ1) is 7.65. The monoisotopic (exact) mass is 236 g/mol. The quantitative estimate of drug-likeness (QED) is 0.816. The molecule has 0 saturated heterocycles. The minimum atomic E-state index is -1.03. The maximum absolute atomic E-state index is 10.8. The van der Waals surface area contributed by atoms with Crippen molar-refractivity contribution in [3.8, 4) is 0 Å². The topological polar surface area (TPSA) is 54.6 Å². The van der Waals surface area contributed by atoms with Crippen LogP contribution in [0.2, 0.25) is 5.15 Å². The molecule has 16 heavy (non-hydrogen) atoms. The number of hydrogen-bond acceptors (Lipinski definition) is 2. The van der Waals surface area contributed by atoms with Crippen molar-refractivity contribution in [1.82, 2.24) is 9.38 Å². The predicted octanol–water partition coefficient (Wildman–Crippen LogP) is 2.56. The highest BCUT2D eigenvalue weighted by Crippen LogP contribution is 2.41. The van der Waals surface area contributed by atoms with E-state index in [9.17, 15) is 4.79 Å². The van der Waals surface area contributed by atoms with Crippen LogP contribution in [0.5, 0.6) is 0 Å². The van der Waals surface area contributed by atoms with Crippen LogP contribution in [-0.4, -0.2) is 20.5 Å². The van der Waals surface area contributed by atoms with Gasteiger partial charge in [0.1, 0.15) is 10.8 Å². The number of carbonyl (C=O) groups is 1. The number of aromatic nitrogens is 2. The van der Waals surface area contributed by atoms with Crippen LogP contribution in [0, 0.1) is 0 Å². The van der Waals surface area contributed by atoms with Crippen LogP contribution in [-0.2, 0) is 0 Å². The number of carboxylic acids is 1. The number of hydrogen-bond donors (Lipinski definition) is 1. The van der Waals surface area contributed by atoms with Gasteiger partial charge in [-0.15, -0.1) is 0 Å². The molecule has 1 fully saturated rings. The molecule has 0 unspecified atom stereocenters. The van der Waals surface area contributed by atoms with Crippen LogP contribution in [0.25, 0.3) is 5.65 Å². The van der Waals surface area contributed by atoms with E-state index in [1.807, 2.05) is 12.1 Å². The SMILES string of the molecule is O=C(O)c1cn2c(Cl)cc(C3CC3)cc2n1. The molecule has 0 radical (unpaired) electrons. The summed E-state index contributed by atoms with van der Waals surface area (Å²) in [5.41, 5.74) is 1.78. The van der Waals surface area contributed by atoms with E-state index < -0.39 is 5.97 Å². The molecule has 0 aliphatic heterocycles. The Kier molecular flexibility index (Phi) is 1.94. The summed E-state index contributed by atoms with van der Waals surface area (Å²) in [6.45, 7) is 0. The number of imidazole rings is 1. The predicted molar refractivity (Wildman–Crippen MR) is 59.1 cm³/mol. The third kappa shape index (κ3) is 1.46. The number of fused-ring (bicyclic) bond motifs is 1. The Labute approximate surface area is 96.5 Å². The maximum atomic E-state index is 10.8. The van der Waals surface area contributed by atoms with Gasteiger partial charge in [-0.05, 0) is 36.5 Å². The van der Waals surface area contributed by atoms with Crippen molar-refractivity contribution in [3.05, 3.63) is 34.7 Å². The van der Waals surface area contributed by atoms with Crippen LogP contribution in [0.1, 0.15) is 34.8 Å². The second-order valence-electron chi connectivity index (χ2n) is 4.05. The van der Waals surface area contributed by atoms with Gasteiger partial charge in [-0.3, -0.25) is 4.40 Å². The summed E-state index contributed by atoms with van der Waals surface area (Å²) in [5.74, 6) is -0.458. The first kappa shape index (κ1) is 9.66. The Balaban J connectivity index is 2.21. The molecule has 1 N–H and O–H groups in total. The third-order valence-electron chi connectivity index (χ3n) is 2.81. The van der Waals surface area contributed by atoms with Gasteiger partial charge in [0.05, 0.1) is 0 Å². The number of nitrogens with zero attached hydrogens (tertiary/aromatic N) is 2. The van der Waals surface area contributed by atoms with Gasteiger partial charge >= 0.3 is 5.97 Å². The molecular weight excluding hydrogens is 228 g/mol. The molecule has 3 rings (SSSR count). The lowest BCUT2D eigenvalue weighted by atomic mass is 10.2. The van der Waals surface area contributed by atoms with E-state index in [0.717, 1.165) is 5.56 Å². The maximum Gasteiger partial charge on any atom is 0.356 e. The van der Waals surface area contributed by atoms with Crippen molar-refractivity contribution in [1.29, 1.82) is 0 Å². The van der Waals surface area contributed by atoms with Crippen LogP contribution in [0.4, 0.5) is 0 Å². The lowest BCUT2D eigenvalue weighted by Crippen LogP contribution is -1.94. The Morgan fingerprint density at radius 2 is 2.25 bits per heavy atom. The van der Waals surface area contributed by atoms with Gasteiger partial charge in [0.2, 0.25) is 0 Å². The first-order valence-corrected chi connectivity index (χ1v) is 5.45. The molecule has 82 valence electrons. The molecule has 2 aromatic heterocycles. The average molecular weight is 237 g/mol. The van der Waals surface area contributed by atoms with E-state index in [1.54, 1.807) is 4.40 Å². The number of pyridine rings is 1. The fraction of sp³-hybridized carbons (Fsp3) is 0.273. The molecule has 0 aromatic carbocycles. The van der Waals surface area contributed by atoms with E-state index in [-0.39, 0.29) is 5.69 Å². The largest absolute Gasteiger partial charge is 0.476 e. The molecule has 4 nitrogen and oxygen atoms in total. The second-order valence-corrected chi connectivity index (χ2v) is 4.43. The zero-order valence-electron chi connectivity index (χ0n) is 8.35. The average Bonchev–Trinajstić information content (AvgIpc) is 2.97. The molecule has 1 saturated carbocycles. The van der Waals surface area contributed by atoms with E-state index in [2.05, 4.69) is 4.98 Å². The molecule has 2 heterocycles. The van der Waals surface area contributed by atoms with Crippen molar-refractivity contribution in [2.24, 2.45) is 0 Å². The van der Waals surface area contributed by atoms with Crippen molar-refractivity contribution in [2.75, 3.05) is 0 Å². The minimum Gasteiger partial charge on any atom is -0.476 e. The molecule has 1 aliphatic rings. The lowest BCUT2D eigenvalue weighted by molar-refractivity contribution is 0.0691. The summed E-state index contributed by atoms with van der Waals surface area (Å²) < 4.78 is 1.59. The van der Waals surface area contributed by atoms with Gasteiger partial charge in [-0.25, -0.2) is 9.78 Å². The van der Waals surface area contributed by atoms with Crippen molar-refractivity contribution < 1.29 is 9.90 Å². The highest BCUT2D eigenvalue weighted by atomic mass is 35.5. The summed E-state index contributed by atoms with van der Waals surface area (Å²) in [7, 11) is 0. The molecule has 0 atom stereocenters. The Morgan fingerprint density at radius 1 is 1.50 bits per heavy atom. The van der Waals surface area contributed by atoms with Crippen molar-refractivity contribution in [3.63, 3.8) is 0 Å². The number of carboxylic acid groups (broad SMARTS) is 1. The lowest BCUT2D eigenvalue weighted by Gasteiger charge is -2.01. The highest BCUT2D eigenvalue weighted by molar-refractivity contribution is 6.29. The summed E-state index contributed by atoms with van der Waals surface area (Å²) in [6.07, 6.45) is 3.80.